The molecule has 0 aromatic carbocycles. The lowest BCUT2D eigenvalue weighted by Crippen LogP contribution is -1.94. The van der Waals surface area contributed by atoms with Gasteiger partial charge in [-0.05, 0) is 25.0 Å². The summed E-state index contributed by atoms with van der Waals surface area (Å²) in [5.74, 6) is 0. The van der Waals surface area contributed by atoms with Crippen LogP contribution in [-0.4, -0.2) is 30.5 Å². The van der Waals surface area contributed by atoms with Crippen LogP contribution in [0.5, 0.6) is 0 Å². The molecule has 0 spiro atoms. The molecule has 0 bridgehead atoms. The lowest BCUT2D eigenvalue weighted by Gasteiger charge is -1.96. The largest absolute Gasteiger partial charge is 0.291 e. The Morgan fingerprint density at radius 2 is 1.44 bits per heavy atom. The quantitative estimate of drug-likeness (QED) is 0.510. The lowest BCUT2D eigenvalue weighted by molar-refractivity contribution is 0.809. The second-order valence-corrected chi connectivity index (χ2v) is 4.26. The Bertz CT molecular complexity index is 350. The molecule has 0 fully saturated rings. The molecular formula is C15H23N3. The molecule has 0 aliphatic carbocycles. The summed E-state index contributed by atoms with van der Waals surface area (Å²) in [6.07, 6.45) is 8.31. The van der Waals surface area contributed by atoms with Gasteiger partial charge in [-0.25, -0.2) is 4.98 Å². The van der Waals surface area contributed by atoms with Crippen molar-refractivity contribution in [3.05, 3.63) is 29.6 Å². The van der Waals surface area contributed by atoms with E-state index in [4.69, 9.17) is 0 Å². The summed E-state index contributed by atoms with van der Waals surface area (Å²) in [5.41, 5.74) is 1.82. The van der Waals surface area contributed by atoms with E-state index in [9.17, 15) is 0 Å². The maximum Gasteiger partial charge on any atom is 0.0815 e. The van der Waals surface area contributed by atoms with Crippen LogP contribution >= 0.6 is 0 Å². The fourth-order valence-corrected chi connectivity index (χ4v) is 1.43. The van der Waals surface area contributed by atoms with Crippen molar-refractivity contribution in [1.29, 1.82) is 0 Å². The molecule has 0 radical (unpaired) electrons. The zero-order chi connectivity index (χ0) is 13.1. The van der Waals surface area contributed by atoms with Gasteiger partial charge in [-0.2, -0.15) is 0 Å². The van der Waals surface area contributed by atoms with Crippen LogP contribution in [0.4, 0.5) is 0 Å². The summed E-state index contributed by atoms with van der Waals surface area (Å²) in [6, 6.07) is 5.94. The average Bonchev–Trinajstić information content (AvgIpc) is 2.40. The van der Waals surface area contributed by atoms with Crippen molar-refractivity contribution in [2.24, 2.45) is 9.98 Å². The van der Waals surface area contributed by atoms with Crippen molar-refractivity contribution in [3.8, 4) is 0 Å². The number of nitrogens with zero attached hydrogens (tertiary/aromatic N) is 3. The van der Waals surface area contributed by atoms with Gasteiger partial charge in [0, 0.05) is 25.5 Å². The second kappa shape index (κ2) is 9.51. The molecule has 3 heteroatoms. The second-order valence-electron chi connectivity index (χ2n) is 4.26. The monoisotopic (exact) mass is 245 g/mol. The molecule has 18 heavy (non-hydrogen) atoms. The van der Waals surface area contributed by atoms with Gasteiger partial charge in [0.2, 0.25) is 0 Å². The molecule has 1 heterocycles. The maximum atomic E-state index is 4.47. The minimum Gasteiger partial charge on any atom is -0.291 e. The Kier molecular flexibility index (Phi) is 7.69. The molecule has 1 rings (SSSR count). The highest BCUT2D eigenvalue weighted by molar-refractivity contribution is 5.81. The van der Waals surface area contributed by atoms with Gasteiger partial charge >= 0.3 is 0 Å². The minimum atomic E-state index is 0.882. The van der Waals surface area contributed by atoms with Crippen molar-refractivity contribution in [2.45, 2.75) is 39.5 Å². The normalized spacial score (nSPS) is 11.7. The highest BCUT2D eigenvalue weighted by Gasteiger charge is 1.92. The van der Waals surface area contributed by atoms with Crippen LogP contribution in [0.3, 0.4) is 0 Å². The highest BCUT2D eigenvalue weighted by Crippen LogP contribution is 1.96. The molecule has 0 unspecified atom stereocenters. The van der Waals surface area contributed by atoms with Gasteiger partial charge in [0.05, 0.1) is 11.4 Å². The molecule has 0 aliphatic rings. The van der Waals surface area contributed by atoms with E-state index < -0.39 is 0 Å². The first-order valence-corrected chi connectivity index (χ1v) is 6.83. The third-order valence-electron chi connectivity index (χ3n) is 2.52. The van der Waals surface area contributed by atoms with Crippen molar-refractivity contribution < 1.29 is 0 Å². The minimum absolute atomic E-state index is 0.882. The highest BCUT2D eigenvalue weighted by atomic mass is 14.8. The topological polar surface area (TPSA) is 37.6 Å². The standard InChI is InChI=1S/C15H23N3/c1-3-5-10-16-12-14-8-7-9-15(18-14)13-17-11-6-4-2/h7-9,12-13H,3-6,10-11H2,1-2H3/b16-12+,17-13+. The predicted octanol–water partition coefficient (Wildman–Crippen LogP) is 3.52. The van der Waals surface area contributed by atoms with Crippen LogP contribution < -0.4 is 0 Å². The molecule has 0 saturated heterocycles. The molecule has 0 amide bonds. The summed E-state index contributed by atoms with van der Waals surface area (Å²) in [5, 5.41) is 0. The van der Waals surface area contributed by atoms with Crippen LogP contribution in [0.15, 0.2) is 28.2 Å². The molecule has 0 atom stereocenters. The summed E-state index contributed by atoms with van der Waals surface area (Å²) < 4.78 is 0. The Hall–Kier alpha value is -1.51. The van der Waals surface area contributed by atoms with Crippen LogP contribution in [0, 0.1) is 0 Å². The fourth-order valence-electron chi connectivity index (χ4n) is 1.43. The fraction of sp³-hybridized carbons (Fsp3) is 0.533. The number of hydrogen-bond acceptors (Lipinski definition) is 3. The van der Waals surface area contributed by atoms with Crippen LogP contribution in [0.2, 0.25) is 0 Å². The predicted molar refractivity (Wildman–Crippen MR) is 79.0 cm³/mol. The maximum absolute atomic E-state index is 4.47. The Morgan fingerprint density at radius 1 is 0.944 bits per heavy atom. The van der Waals surface area contributed by atoms with E-state index in [0.717, 1.165) is 37.3 Å². The molecule has 0 aliphatic heterocycles. The van der Waals surface area contributed by atoms with E-state index in [1.165, 1.54) is 12.8 Å². The Morgan fingerprint density at radius 3 is 1.89 bits per heavy atom. The summed E-state index contributed by atoms with van der Waals surface area (Å²) in [7, 11) is 0. The third kappa shape index (κ3) is 6.28. The summed E-state index contributed by atoms with van der Waals surface area (Å²) in [4.78, 5) is 13.2. The van der Waals surface area contributed by atoms with E-state index in [-0.39, 0.29) is 0 Å². The van der Waals surface area contributed by atoms with Gasteiger partial charge in [0.15, 0.2) is 0 Å². The number of aliphatic imine (C=N–C) groups is 2. The summed E-state index contributed by atoms with van der Waals surface area (Å²) in [6.45, 7) is 6.10. The number of unbranched alkanes of at least 4 members (excludes halogenated alkanes) is 2. The van der Waals surface area contributed by atoms with Crippen LogP contribution in [0.1, 0.15) is 50.9 Å². The SMILES string of the molecule is CCCC/N=C/c1cccc(/C=N/CCCC)n1. The molecule has 0 N–H and O–H groups in total. The van der Waals surface area contributed by atoms with Crippen molar-refractivity contribution in [3.63, 3.8) is 0 Å². The first-order valence-electron chi connectivity index (χ1n) is 6.83. The van der Waals surface area contributed by atoms with Crippen molar-refractivity contribution in [1.82, 2.24) is 4.98 Å². The molecule has 98 valence electrons. The van der Waals surface area contributed by atoms with Crippen molar-refractivity contribution in [2.75, 3.05) is 13.1 Å². The van der Waals surface area contributed by atoms with E-state index in [1.807, 2.05) is 30.6 Å². The first-order chi connectivity index (χ1) is 8.86. The van der Waals surface area contributed by atoms with Gasteiger partial charge in [-0.1, -0.05) is 32.8 Å². The number of hydrogen-bond donors (Lipinski definition) is 0. The first kappa shape index (κ1) is 14.6. The number of pyridine rings is 1. The molecule has 1 aromatic rings. The number of rotatable bonds is 8. The van der Waals surface area contributed by atoms with Gasteiger partial charge in [0.1, 0.15) is 0 Å². The van der Waals surface area contributed by atoms with E-state index in [1.54, 1.807) is 0 Å². The number of aromatic nitrogens is 1. The van der Waals surface area contributed by atoms with E-state index >= 15 is 0 Å². The van der Waals surface area contributed by atoms with Crippen LogP contribution in [0.25, 0.3) is 0 Å². The Balaban J connectivity index is 2.51. The smallest absolute Gasteiger partial charge is 0.0815 e. The zero-order valence-corrected chi connectivity index (χ0v) is 11.5. The molecule has 1 aromatic heterocycles. The van der Waals surface area contributed by atoms with Gasteiger partial charge in [0.25, 0.3) is 0 Å². The van der Waals surface area contributed by atoms with Crippen molar-refractivity contribution >= 4 is 12.4 Å². The van der Waals surface area contributed by atoms with Gasteiger partial charge in [-0.15, -0.1) is 0 Å². The van der Waals surface area contributed by atoms with Crippen LogP contribution in [-0.2, 0) is 0 Å². The van der Waals surface area contributed by atoms with Gasteiger partial charge in [-0.3, -0.25) is 9.98 Å². The Labute approximate surface area is 110 Å². The lowest BCUT2D eigenvalue weighted by atomic mass is 10.3. The summed E-state index contributed by atoms with van der Waals surface area (Å²) >= 11 is 0. The van der Waals surface area contributed by atoms with E-state index in [2.05, 4.69) is 28.8 Å². The third-order valence-corrected chi connectivity index (χ3v) is 2.52. The van der Waals surface area contributed by atoms with Gasteiger partial charge < -0.3 is 0 Å². The van der Waals surface area contributed by atoms with E-state index in [0.29, 0.717) is 0 Å². The molecule has 0 saturated carbocycles. The zero-order valence-electron chi connectivity index (χ0n) is 11.5. The average molecular weight is 245 g/mol. The molecular weight excluding hydrogens is 222 g/mol. The molecule has 3 nitrogen and oxygen atoms in total.